The molecular formula is C19H16BrN3O3. The lowest BCUT2D eigenvalue weighted by Crippen LogP contribution is -2.22. The maximum Gasteiger partial charge on any atom is 0.189 e. The maximum absolute atomic E-state index is 9.53. The summed E-state index contributed by atoms with van der Waals surface area (Å²) in [5.41, 5.74) is 3.79. The summed E-state index contributed by atoms with van der Waals surface area (Å²) < 4.78 is 19.0. The van der Waals surface area contributed by atoms with Crippen molar-refractivity contribution in [3.8, 4) is 17.7 Å². The van der Waals surface area contributed by atoms with Gasteiger partial charge in [-0.2, -0.15) is 5.26 Å². The fourth-order valence-corrected chi connectivity index (χ4v) is 4.25. The van der Waals surface area contributed by atoms with E-state index in [0.717, 1.165) is 33.4 Å². The highest BCUT2D eigenvalue weighted by molar-refractivity contribution is 9.10. The lowest BCUT2D eigenvalue weighted by molar-refractivity contribution is 0.159. The van der Waals surface area contributed by atoms with Gasteiger partial charge in [0, 0.05) is 5.92 Å². The van der Waals surface area contributed by atoms with E-state index in [1.54, 1.807) is 26.8 Å². The molecule has 2 aliphatic rings. The second-order valence-corrected chi connectivity index (χ2v) is 6.92. The van der Waals surface area contributed by atoms with Gasteiger partial charge in [0.15, 0.2) is 23.8 Å². The molecule has 2 aromatic rings. The van der Waals surface area contributed by atoms with Gasteiger partial charge in [-0.3, -0.25) is 0 Å². The number of methoxy groups -OCH3 is 2. The van der Waals surface area contributed by atoms with Crippen LogP contribution in [-0.4, -0.2) is 23.8 Å². The van der Waals surface area contributed by atoms with Gasteiger partial charge in [0.1, 0.15) is 12.0 Å². The van der Waals surface area contributed by atoms with Crippen molar-refractivity contribution in [2.45, 2.75) is 18.4 Å². The molecule has 0 spiro atoms. The average Bonchev–Trinajstić information content (AvgIpc) is 3.11. The molecule has 2 atom stereocenters. The first-order chi connectivity index (χ1) is 12.7. The van der Waals surface area contributed by atoms with E-state index in [1.165, 1.54) is 4.57 Å². The summed E-state index contributed by atoms with van der Waals surface area (Å²) in [6.07, 6.45) is 9.86. The molecule has 26 heavy (non-hydrogen) atoms. The van der Waals surface area contributed by atoms with E-state index < -0.39 is 0 Å². The highest BCUT2D eigenvalue weighted by atomic mass is 79.9. The third-order valence-corrected chi connectivity index (χ3v) is 5.35. The van der Waals surface area contributed by atoms with Crippen molar-refractivity contribution in [2.24, 2.45) is 0 Å². The van der Waals surface area contributed by atoms with E-state index in [4.69, 9.17) is 14.2 Å². The number of halogens is 1. The van der Waals surface area contributed by atoms with E-state index in [9.17, 15) is 5.26 Å². The van der Waals surface area contributed by atoms with Crippen LogP contribution >= 0.6 is 15.9 Å². The standard InChI is InChI=1S/C19H16BrN3O3/c1-24-15-8-12(7-14(20)19(15)25-2)13-6-11-4-3-5-26-18(11)16-17(13)23(9-21)10-22-16/h3-5,7-8,10,13,18H,6H2,1-2H3. The van der Waals surface area contributed by atoms with Crippen molar-refractivity contribution in [3.63, 3.8) is 0 Å². The number of aromatic nitrogens is 2. The molecule has 0 radical (unpaired) electrons. The fraction of sp³-hybridized carbons (Fsp3) is 0.263. The van der Waals surface area contributed by atoms with Crippen molar-refractivity contribution in [2.75, 3.05) is 14.2 Å². The lowest BCUT2D eigenvalue weighted by atomic mass is 9.79. The molecule has 0 amide bonds. The summed E-state index contributed by atoms with van der Waals surface area (Å²) in [5.74, 6) is 1.24. The summed E-state index contributed by atoms with van der Waals surface area (Å²) >= 11 is 3.56. The number of fused-ring (bicyclic) bond motifs is 3. The van der Waals surface area contributed by atoms with E-state index in [-0.39, 0.29) is 12.0 Å². The molecule has 1 aliphatic carbocycles. The first-order valence-electron chi connectivity index (χ1n) is 8.07. The predicted molar refractivity (Wildman–Crippen MR) is 98.0 cm³/mol. The van der Waals surface area contributed by atoms with Crippen molar-refractivity contribution >= 4 is 15.9 Å². The third-order valence-electron chi connectivity index (χ3n) is 4.76. The second kappa shape index (κ2) is 6.54. The largest absolute Gasteiger partial charge is 0.493 e. The molecule has 1 aliphatic heterocycles. The Balaban J connectivity index is 1.90. The fourth-order valence-electron chi connectivity index (χ4n) is 3.62. The molecule has 132 valence electrons. The van der Waals surface area contributed by atoms with Crippen LogP contribution in [0.4, 0.5) is 0 Å². The van der Waals surface area contributed by atoms with Crippen LogP contribution in [0.25, 0.3) is 0 Å². The first-order valence-corrected chi connectivity index (χ1v) is 8.87. The van der Waals surface area contributed by atoms with Gasteiger partial charge < -0.3 is 14.2 Å². The predicted octanol–water partition coefficient (Wildman–Crippen LogP) is 4.04. The second-order valence-electron chi connectivity index (χ2n) is 6.07. The van der Waals surface area contributed by atoms with Crippen molar-refractivity contribution < 1.29 is 14.2 Å². The number of allylic oxidation sites excluding steroid dienone is 2. The van der Waals surface area contributed by atoms with E-state index in [0.29, 0.717) is 11.5 Å². The van der Waals surface area contributed by atoms with E-state index in [2.05, 4.69) is 33.2 Å². The van der Waals surface area contributed by atoms with Gasteiger partial charge in [-0.05, 0) is 51.7 Å². The molecule has 4 rings (SSSR count). The number of rotatable bonds is 3. The van der Waals surface area contributed by atoms with Gasteiger partial charge in [0.05, 0.1) is 30.6 Å². The minimum atomic E-state index is -0.232. The molecular weight excluding hydrogens is 398 g/mol. The number of benzene rings is 1. The Bertz CT molecular complexity index is 971. The molecule has 7 heteroatoms. The number of nitrogens with zero attached hydrogens (tertiary/aromatic N) is 3. The van der Waals surface area contributed by atoms with Gasteiger partial charge >= 0.3 is 0 Å². The summed E-state index contributed by atoms with van der Waals surface area (Å²) in [6.45, 7) is 0. The minimum absolute atomic E-state index is 0.0409. The average molecular weight is 414 g/mol. The molecule has 1 aromatic carbocycles. The Hall–Kier alpha value is -2.72. The molecule has 6 nitrogen and oxygen atoms in total. The van der Waals surface area contributed by atoms with Crippen LogP contribution in [0, 0.1) is 11.5 Å². The van der Waals surface area contributed by atoms with Crippen LogP contribution in [0.2, 0.25) is 0 Å². The molecule has 0 saturated heterocycles. The molecule has 0 saturated carbocycles. The zero-order valence-corrected chi connectivity index (χ0v) is 15.9. The van der Waals surface area contributed by atoms with E-state index >= 15 is 0 Å². The van der Waals surface area contributed by atoms with Crippen LogP contribution in [0.1, 0.15) is 35.4 Å². The minimum Gasteiger partial charge on any atom is -0.493 e. The van der Waals surface area contributed by atoms with Gasteiger partial charge in [0.25, 0.3) is 0 Å². The number of hydrogen-bond donors (Lipinski definition) is 0. The van der Waals surface area contributed by atoms with Crippen molar-refractivity contribution in [1.29, 1.82) is 5.26 Å². The van der Waals surface area contributed by atoms with Crippen LogP contribution in [0.3, 0.4) is 0 Å². The molecule has 0 bridgehead atoms. The van der Waals surface area contributed by atoms with Gasteiger partial charge in [0.2, 0.25) is 0 Å². The smallest absolute Gasteiger partial charge is 0.189 e. The molecule has 1 aromatic heterocycles. The summed E-state index contributed by atoms with van der Waals surface area (Å²) in [6, 6.07) is 3.96. The van der Waals surface area contributed by atoms with Crippen LogP contribution < -0.4 is 9.47 Å². The number of imidazole rings is 1. The lowest BCUT2D eigenvalue weighted by Gasteiger charge is -2.32. The van der Waals surface area contributed by atoms with Crippen LogP contribution in [0.15, 0.2) is 46.9 Å². The molecule has 0 N–H and O–H groups in total. The van der Waals surface area contributed by atoms with E-state index in [1.807, 2.05) is 18.2 Å². The summed E-state index contributed by atoms with van der Waals surface area (Å²) in [4.78, 5) is 4.46. The van der Waals surface area contributed by atoms with Crippen LogP contribution in [-0.2, 0) is 4.74 Å². The normalized spacial score (nSPS) is 20.3. The zero-order valence-electron chi connectivity index (χ0n) is 14.3. The van der Waals surface area contributed by atoms with Gasteiger partial charge in [-0.25, -0.2) is 9.55 Å². The summed E-state index contributed by atoms with van der Waals surface area (Å²) in [5, 5.41) is 9.53. The SMILES string of the molecule is COc1cc(C2CC3=CC=COC3c3ncn(C#N)c32)cc(Br)c1OC. The third kappa shape index (κ3) is 2.49. The zero-order chi connectivity index (χ0) is 18.3. The van der Waals surface area contributed by atoms with Crippen LogP contribution in [0.5, 0.6) is 11.5 Å². The first kappa shape index (κ1) is 16.7. The Morgan fingerprint density at radius 2 is 2.19 bits per heavy atom. The summed E-state index contributed by atoms with van der Waals surface area (Å²) in [7, 11) is 3.21. The topological polar surface area (TPSA) is 69.3 Å². The Labute approximate surface area is 159 Å². The maximum atomic E-state index is 9.53. The number of hydrogen-bond acceptors (Lipinski definition) is 5. The highest BCUT2D eigenvalue weighted by Gasteiger charge is 2.38. The number of nitriles is 1. The quantitative estimate of drug-likeness (QED) is 0.759. The molecule has 2 unspecified atom stereocenters. The Morgan fingerprint density at radius 1 is 1.35 bits per heavy atom. The Kier molecular flexibility index (Phi) is 4.21. The highest BCUT2D eigenvalue weighted by Crippen LogP contribution is 2.48. The van der Waals surface area contributed by atoms with Gasteiger partial charge in [-0.1, -0.05) is 6.08 Å². The molecule has 0 fully saturated rings. The molecule has 2 heterocycles. The van der Waals surface area contributed by atoms with Crippen molar-refractivity contribution in [1.82, 2.24) is 9.55 Å². The monoisotopic (exact) mass is 413 g/mol. The Morgan fingerprint density at radius 3 is 2.92 bits per heavy atom. The van der Waals surface area contributed by atoms with Gasteiger partial charge in [-0.15, -0.1) is 0 Å². The number of ether oxygens (including phenoxy) is 3. The van der Waals surface area contributed by atoms with Crippen molar-refractivity contribution in [3.05, 3.63) is 63.9 Å².